The number of hydrogen-bond donors (Lipinski definition) is 1. The van der Waals surface area contributed by atoms with E-state index in [0.29, 0.717) is 6.04 Å². The number of benzene rings is 1. The van der Waals surface area contributed by atoms with Gasteiger partial charge in [0.05, 0.1) is 0 Å². The Morgan fingerprint density at radius 2 is 1.88 bits per heavy atom. The zero-order chi connectivity index (χ0) is 17.6. The molecule has 2 fully saturated rings. The highest BCUT2D eigenvalue weighted by molar-refractivity contribution is 14.0. The Morgan fingerprint density at radius 3 is 2.62 bits per heavy atom. The van der Waals surface area contributed by atoms with Gasteiger partial charge in [0.1, 0.15) is 0 Å². The number of nitrogens with zero attached hydrogens (tertiary/aromatic N) is 4. The van der Waals surface area contributed by atoms with Gasteiger partial charge in [-0.05, 0) is 38.4 Å². The summed E-state index contributed by atoms with van der Waals surface area (Å²) in [5, 5.41) is 3.62. The standard InChI is InChI=1S/C20H33N5.HI/c1-21-20(22-14-19-16-23(2)11-12-24(19)3)25-10-9-18(15-25)13-17-7-5-4-6-8-17;/h4-8,18-19H,9-16H2,1-3H3,(H,21,22);1H. The van der Waals surface area contributed by atoms with E-state index in [1.807, 2.05) is 7.05 Å². The molecule has 146 valence electrons. The molecule has 0 aliphatic carbocycles. The van der Waals surface area contributed by atoms with E-state index in [2.05, 4.69) is 69.4 Å². The number of guanidine groups is 1. The molecule has 0 saturated carbocycles. The van der Waals surface area contributed by atoms with Crippen molar-refractivity contribution in [1.82, 2.24) is 20.0 Å². The van der Waals surface area contributed by atoms with Crippen LogP contribution in [0.4, 0.5) is 0 Å². The molecule has 2 unspecified atom stereocenters. The van der Waals surface area contributed by atoms with Crippen LogP contribution >= 0.6 is 24.0 Å². The molecule has 0 radical (unpaired) electrons. The Morgan fingerprint density at radius 1 is 1.12 bits per heavy atom. The fourth-order valence-electron chi connectivity index (χ4n) is 4.00. The second-order valence-electron chi connectivity index (χ2n) is 7.62. The molecule has 1 N–H and O–H groups in total. The van der Waals surface area contributed by atoms with Crippen molar-refractivity contribution in [2.24, 2.45) is 10.9 Å². The first-order valence-corrected chi connectivity index (χ1v) is 9.54. The van der Waals surface area contributed by atoms with E-state index < -0.39 is 0 Å². The highest BCUT2D eigenvalue weighted by atomic mass is 127. The van der Waals surface area contributed by atoms with Gasteiger partial charge in [-0.2, -0.15) is 0 Å². The van der Waals surface area contributed by atoms with E-state index in [0.717, 1.165) is 51.1 Å². The number of rotatable bonds is 4. The average molecular weight is 471 g/mol. The van der Waals surface area contributed by atoms with Crippen LogP contribution in [0.1, 0.15) is 12.0 Å². The van der Waals surface area contributed by atoms with Gasteiger partial charge >= 0.3 is 0 Å². The highest BCUT2D eigenvalue weighted by Crippen LogP contribution is 2.21. The predicted molar refractivity (Wildman–Crippen MR) is 121 cm³/mol. The molecular formula is C20H34IN5. The molecule has 5 nitrogen and oxygen atoms in total. The summed E-state index contributed by atoms with van der Waals surface area (Å²) in [7, 11) is 6.35. The van der Waals surface area contributed by atoms with Gasteiger partial charge in [0.15, 0.2) is 5.96 Å². The van der Waals surface area contributed by atoms with Crippen molar-refractivity contribution in [3.8, 4) is 0 Å². The molecule has 0 bridgehead atoms. The minimum absolute atomic E-state index is 0. The van der Waals surface area contributed by atoms with Gasteiger partial charge in [-0.1, -0.05) is 30.3 Å². The molecule has 2 aliphatic heterocycles. The summed E-state index contributed by atoms with van der Waals surface area (Å²) >= 11 is 0. The Bertz CT molecular complexity index is 565. The lowest BCUT2D eigenvalue weighted by Gasteiger charge is -2.38. The molecule has 6 heteroatoms. The van der Waals surface area contributed by atoms with Gasteiger partial charge in [-0.15, -0.1) is 24.0 Å². The SMILES string of the molecule is CN=C(NCC1CN(C)CCN1C)N1CCC(Cc2ccccc2)C1.I. The smallest absolute Gasteiger partial charge is 0.193 e. The fraction of sp³-hybridized carbons (Fsp3) is 0.650. The second-order valence-corrected chi connectivity index (χ2v) is 7.62. The van der Waals surface area contributed by atoms with E-state index in [9.17, 15) is 0 Å². The van der Waals surface area contributed by atoms with Crippen LogP contribution in [-0.4, -0.2) is 87.1 Å². The van der Waals surface area contributed by atoms with Crippen molar-refractivity contribution in [2.45, 2.75) is 18.9 Å². The third kappa shape index (κ3) is 5.82. The number of likely N-dealkylation sites (tertiary alicyclic amines) is 1. The topological polar surface area (TPSA) is 34.1 Å². The third-order valence-corrected chi connectivity index (χ3v) is 5.64. The van der Waals surface area contributed by atoms with Crippen LogP contribution in [0.5, 0.6) is 0 Å². The molecule has 1 aromatic carbocycles. The summed E-state index contributed by atoms with van der Waals surface area (Å²) < 4.78 is 0. The van der Waals surface area contributed by atoms with Crippen molar-refractivity contribution < 1.29 is 0 Å². The highest BCUT2D eigenvalue weighted by Gasteiger charge is 2.27. The first-order valence-electron chi connectivity index (χ1n) is 9.54. The van der Waals surface area contributed by atoms with Crippen molar-refractivity contribution >= 4 is 29.9 Å². The normalized spacial score (nSPS) is 25.2. The fourth-order valence-corrected chi connectivity index (χ4v) is 4.00. The summed E-state index contributed by atoms with van der Waals surface area (Å²) in [6.07, 6.45) is 2.42. The zero-order valence-corrected chi connectivity index (χ0v) is 18.7. The summed E-state index contributed by atoms with van der Waals surface area (Å²) in [5.74, 6) is 1.79. The van der Waals surface area contributed by atoms with Crippen LogP contribution in [0.3, 0.4) is 0 Å². The van der Waals surface area contributed by atoms with Crippen LogP contribution in [0.15, 0.2) is 35.3 Å². The van der Waals surface area contributed by atoms with E-state index >= 15 is 0 Å². The zero-order valence-electron chi connectivity index (χ0n) is 16.4. The van der Waals surface area contributed by atoms with E-state index in [1.54, 1.807) is 0 Å². The Hall–Kier alpha value is -0.860. The largest absolute Gasteiger partial charge is 0.355 e. The number of halogens is 1. The molecular weight excluding hydrogens is 437 g/mol. The van der Waals surface area contributed by atoms with Gasteiger partial charge in [0.2, 0.25) is 0 Å². The Labute approximate surface area is 175 Å². The quantitative estimate of drug-likeness (QED) is 0.414. The van der Waals surface area contributed by atoms with Gasteiger partial charge in [0, 0.05) is 52.4 Å². The maximum atomic E-state index is 4.54. The molecule has 3 rings (SSSR count). The van der Waals surface area contributed by atoms with Gasteiger partial charge in [-0.3, -0.25) is 9.89 Å². The van der Waals surface area contributed by atoms with Crippen LogP contribution in [0, 0.1) is 5.92 Å². The summed E-state index contributed by atoms with van der Waals surface area (Å²) in [6.45, 7) is 6.61. The van der Waals surface area contributed by atoms with Crippen molar-refractivity contribution in [3.05, 3.63) is 35.9 Å². The van der Waals surface area contributed by atoms with Crippen LogP contribution in [0.2, 0.25) is 0 Å². The molecule has 0 aromatic heterocycles. The molecule has 2 saturated heterocycles. The summed E-state index contributed by atoms with van der Waals surface area (Å²) in [6, 6.07) is 11.4. The molecule has 2 aliphatic rings. The first-order chi connectivity index (χ1) is 12.2. The van der Waals surface area contributed by atoms with Gasteiger partial charge < -0.3 is 15.1 Å². The number of piperazine rings is 1. The van der Waals surface area contributed by atoms with Crippen molar-refractivity contribution in [3.63, 3.8) is 0 Å². The maximum absolute atomic E-state index is 4.54. The molecule has 2 atom stereocenters. The van der Waals surface area contributed by atoms with E-state index in [-0.39, 0.29) is 24.0 Å². The second kappa shape index (κ2) is 10.5. The molecule has 1 aromatic rings. The lowest BCUT2D eigenvalue weighted by molar-refractivity contribution is 0.116. The van der Waals surface area contributed by atoms with Crippen molar-refractivity contribution in [2.75, 3.05) is 60.4 Å². The summed E-state index contributed by atoms with van der Waals surface area (Å²) in [4.78, 5) is 11.8. The van der Waals surface area contributed by atoms with E-state index in [1.165, 1.54) is 18.4 Å². The summed E-state index contributed by atoms with van der Waals surface area (Å²) in [5.41, 5.74) is 1.45. The lowest BCUT2D eigenvalue weighted by Crippen LogP contribution is -2.55. The van der Waals surface area contributed by atoms with Crippen molar-refractivity contribution in [1.29, 1.82) is 0 Å². The van der Waals surface area contributed by atoms with Crippen LogP contribution in [0.25, 0.3) is 0 Å². The predicted octanol–water partition coefficient (Wildman–Crippen LogP) is 1.99. The lowest BCUT2D eigenvalue weighted by atomic mass is 9.99. The molecule has 26 heavy (non-hydrogen) atoms. The van der Waals surface area contributed by atoms with Crippen LogP contribution < -0.4 is 5.32 Å². The first kappa shape index (κ1) is 21.4. The number of hydrogen-bond acceptors (Lipinski definition) is 3. The third-order valence-electron chi connectivity index (χ3n) is 5.64. The number of likely N-dealkylation sites (N-methyl/N-ethyl adjacent to an activating group) is 2. The monoisotopic (exact) mass is 471 g/mol. The van der Waals surface area contributed by atoms with Gasteiger partial charge in [-0.25, -0.2) is 0 Å². The average Bonchev–Trinajstić information content (AvgIpc) is 3.07. The Kier molecular flexibility index (Phi) is 8.63. The minimum Gasteiger partial charge on any atom is -0.355 e. The number of nitrogens with one attached hydrogen (secondary N) is 1. The molecule has 2 heterocycles. The maximum Gasteiger partial charge on any atom is 0.193 e. The minimum atomic E-state index is 0. The van der Waals surface area contributed by atoms with Crippen LogP contribution in [-0.2, 0) is 6.42 Å². The molecule has 0 spiro atoms. The van der Waals surface area contributed by atoms with Gasteiger partial charge in [0.25, 0.3) is 0 Å². The molecule has 0 amide bonds. The van der Waals surface area contributed by atoms with E-state index in [4.69, 9.17) is 0 Å². The Balaban J connectivity index is 0.00000243. The number of aliphatic imine (C=N–C) groups is 1.